The maximum absolute atomic E-state index is 10.1. The first-order valence-corrected chi connectivity index (χ1v) is 5.67. The molecule has 0 saturated heterocycles. The van der Waals surface area contributed by atoms with E-state index >= 15 is 0 Å². The maximum atomic E-state index is 10.1. The molecular formula is C14H17NO. The molecule has 1 N–H and O–H groups in total. The van der Waals surface area contributed by atoms with E-state index < -0.39 is 5.60 Å². The Hall–Kier alpha value is -1.41. The fraction of sp³-hybridized carbons (Fsp3) is 0.357. The van der Waals surface area contributed by atoms with Gasteiger partial charge in [-0.1, -0.05) is 25.1 Å². The minimum Gasteiger partial charge on any atom is -0.390 e. The third-order valence-corrected chi connectivity index (χ3v) is 3.07. The van der Waals surface area contributed by atoms with Crippen LogP contribution in [0, 0.1) is 0 Å². The minimum absolute atomic E-state index is 0.635. The molecule has 0 amide bonds. The van der Waals surface area contributed by atoms with Crippen LogP contribution in [0.1, 0.15) is 25.8 Å². The van der Waals surface area contributed by atoms with Gasteiger partial charge < -0.3 is 5.11 Å². The Morgan fingerprint density at radius 2 is 2.00 bits per heavy atom. The predicted molar refractivity (Wildman–Crippen MR) is 66.4 cm³/mol. The molecule has 2 heteroatoms. The lowest BCUT2D eigenvalue weighted by molar-refractivity contribution is 0.0568. The zero-order valence-corrected chi connectivity index (χ0v) is 9.77. The van der Waals surface area contributed by atoms with Gasteiger partial charge in [-0.3, -0.25) is 4.98 Å². The summed E-state index contributed by atoms with van der Waals surface area (Å²) < 4.78 is 0. The van der Waals surface area contributed by atoms with Gasteiger partial charge >= 0.3 is 0 Å². The van der Waals surface area contributed by atoms with Gasteiger partial charge in [0.05, 0.1) is 11.1 Å². The summed E-state index contributed by atoms with van der Waals surface area (Å²) in [4.78, 5) is 4.32. The van der Waals surface area contributed by atoms with Crippen molar-refractivity contribution in [2.45, 2.75) is 32.3 Å². The first-order valence-electron chi connectivity index (χ1n) is 5.67. The van der Waals surface area contributed by atoms with Crippen molar-refractivity contribution >= 4 is 10.9 Å². The Morgan fingerprint density at radius 3 is 2.75 bits per heavy atom. The van der Waals surface area contributed by atoms with Crippen molar-refractivity contribution < 1.29 is 5.11 Å². The Balaban J connectivity index is 2.45. The summed E-state index contributed by atoms with van der Waals surface area (Å²) in [6.07, 6.45) is 3.24. The molecule has 1 aromatic heterocycles. The second-order valence-electron chi connectivity index (χ2n) is 4.51. The van der Waals surface area contributed by atoms with Crippen molar-refractivity contribution in [3.05, 3.63) is 42.1 Å². The van der Waals surface area contributed by atoms with E-state index in [-0.39, 0.29) is 0 Å². The van der Waals surface area contributed by atoms with Gasteiger partial charge in [-0.25, -0.2) is 0 Å². The van der Waals surface area contributed by atoms with Gasteiger partial charge in [0.2, 0.25) is 0 Å². The number of fused-ring (bicyclic) bond motifs is 1. The summed E-state index contributed by atoms with van der Waals surface area (Å²) in [5.41, 5.74) is 1.52. The van der Waals surface area contributed by atoms with Gasteiger partial charge in [0, 0.05) is 18.0 Å². The normalized spacial score (nSPS) is 14.9. The SMILES string of the molecule is CCC(C)(O)Cc1ccnc2ccccc12. The number of benzene rings is 1. The van der Waals surface area contributed by atoms with E-state index in [1.54, 1.807) is 0 Å². The number of nitrogens with zero attached hydrogens (tertiary/aromatic N) is 1. The largest absolute Gasteiger partial charge is 0.390 e. The number of hydrogen-bond acceptors (Lipinski definition) is 2. The van der Waals surface area contributed by atoms with Crippen LogP contribution < -0.4 is 0 Å². The molecule has 0 spiro atoms. The molecule has 1 unspecified atom stereocenters. The lowest BCUT2D eigenvalue weighted by Gasteiger charge is -2.21. The highest BCUT2D eigenvalue weighted by molar-refractivity contribution is 5.81. The Labute approximate surface area is 96.0 Å². The average molecular weight is 215 g/mol. The quantitative estimate of drug-likeness (QED) is 0.854. The van der Waals surface area contributed by atoms with Crippen molar-refractivity contribution in [2.75, 3.05) is 0 Å². The zero-order chi connectivity index (χ0) is 11.6. The number of aliphatic hydroxyl groups is 1. The van der Waals surface area contributed by atoms with E-state index in [1.165, 1.54) is 0 Å². The molecule has 0 aliphatic rings. The average Bonchev–Trinajstić information content (AvgIpc) is 2.29. The molecule has 0 aliphatic carbocycles. The smallest absolute Gasteiger partial charge is 0.0704 e. The lowest BCUT2D eigenvalue weighted by atomic mass is 9.92. The van der Waals surface area contributed by atoms with Crippen LogP contribution in [0.3, 0.4) is 0 Å². The van der Waals surface area contributed by atoms with Crippen molar-refractivity contribution in [1.82, 2.24) is 4.98 Å². The molecule has 0 bridgehead atoms. The van der Waals surface area contributed by atoms with Crippen LogP contribution in [0.25, 0.3) is 10.9 Å². The van der Waals surface area contributed by atoms with Gasteiger partial charge in [-0.15, -0.1) is 0 Å². The fourth-order valence-electron chi connectivity index (χ4n) is 1.84. The molecule has 2 rings (SSSR count). The minimum atomic E-state index is -0.635. The maximum Gasteiger partial charge on any atom is 0.0704 e. The highest BCUT2D eigenvalue weighted by Crippen LogP contribution is 2.22. The number of hydrogen-bond donors (Lipinski definition) is 1. The van der Waals surface area contributed by atoms with Crippen LogP contribution in [0.15, 0.2) is 36.5 Å². The van der Waals surface area contributed by atoms with E-state index in [0.717, 1.165) is 22.9 Å². The van der Waals surface area contributed by atoms with Crippen molar-refractivity contribution in [3.8, 4) is 0 Å². The number of rotatable bonds is 3. The van der Waals surface area contributed by atoms with Gasteiger partial charge in [0.25, 0.3) is 0 Å². The third kappa shape index (κ3) is 2.22. The summed E-state index contributed by atoms with van der Waals surface area (Å²) in [6, 6.07) is 10.0. The molecule has 1 heterocycles. The Kier molecular flexibility index (Phi) is 2.92. The Bertz CT molecular complexity index is 486. The Morgan fingerprint density at radius 1 is 1.25 bits per heavy atom. The first kappa shape index (κ1) is 11.1. The van der Waals surface area contributed by atoms with Gasteiger partial charge in [0.15, 0.2) is 0 Å². The van der Waals surface area contributed by atoms with Crippen LogP contribution in [-0.2, 0) is 6.42 Å². The molecule has 0 aliphatic heterocycles. The molecule has 2 nitrogen and oxygen atoms in total. The standard InChI is InChI=1S/C14H17NO/c1-3-14(2,16)10-11-8-9-15-13-7-5-4-6-12(11)13/h4-9,16H,3,10H2,1-2H3. The number of pyridine rings is 1. The molecule has 0 radical (unpaired) electrons. The fourth-order valence-corrected chi connectivity index (χ4v) is 1.84. The van der Waals surface area contributed by atoms with Crippen molar-refractivity contribution in [2.24, 2.45) is 0 Å². The first-order chi connectivity index (χ1) is 7.62. The van der Waals surface area contributed by atoms with Gasteiger partial charge in [0.1, 0.15) is 0 Å². The second kappa shape index (κ2) is 4.22. The molecular weight excluding hydrogens is 198 g/mol. The van der Waals surface area contributed by atoms with Crippen LogP contribution in [-0.4, -0.2) is 15.7 Å². The molecule has 84 valence electrons. The third-order valence-electron chi connectivity index (χ3n) is 3.07. The molecule has 1 atom stereocenters. The summed E-state index contributed by atoms with van der Waals surface area (Å²) in [7, 11) is 0. The van der Waals surface area contributed by atoms with E-state index in [9.17, 15) is 5.11 Å². The number of para-hydroxylation sites is 1. The van der Waals surface area contributed by atoms with Gasteiger partial charge in [-0.2, -0.15) is 0 Å². The summed E-state index contributed by atoms with van der Waals surface area (Å²) in [6.45, 7) is 3.88. The van der Waals surface area contributed by atoms with E-state index in [2.05, 4.69) is 11.1 Å². The molecule has 0 saturated carbocycles. The molecule has 1 aromatic carbocycles. The summed E-state index contributed by atoms with van der Waals surface area (Å²) >= 11 is 0. The molecule has 2 aromatic rings. The van der Waals surface area contributed by atoms with Crippen LogP contribution in [0.5, 0.6) is 0 Å². The molecule has 16 heavy (non-hydrogen) atoms. The van der Waals surface area contributed by atoms with E-state index in [0.29, 0.717) is 6.42 Å². The lowest BCUT2D eigenvalue weighted by Crippen LogP contribution is -2.25. The topological polar surface area (TPSA) is 33.1 Å². The van der Waals surface area contributed by atoms with Gasteiger partial charge in [-0.05, 0) is 31.0 Å². The van der Waals surface area contributed by atoms with Crippen LogP contribution in [0.2, 0.25) is 0 Å². The number of aromatic nitrogens is 1. The molecule has 0 fully saturated rings. The highest BCUT2D eigenvalue weighted by atomic mass is 16.3. The highest BCUT2D eigenvalue weighted by Gasteiger charge is 2.19. The summed E-state index contributed by atoms with van der Waals surface area (Å²) in [5.74, 6) is 0. The zero-order valence-electron chi connectivity index (χ0n) is 9.77. The van der Waals surface area contributed by atoms with E-state index in [4.69, 9.17) is 0 Å². The van der Waals surface area contributed by atoms with Crippen molar-refractivity contribution in [1.29, 1.82) is 0 Å². The predicted octanol–water partition coefficient (Wildman–Crippen LogP) is 2.94. The second-order valence-corrected chi connectivity index (χ2v) is 4.51. The van der Waals surface area contributed by atoms with Crippen molar-refractivity contribution in [3.63, 3.8) is 0 Å². The monoisotopic (exact) mass is 215 g/mol. The summed E-state index contributed by atoms with van der Waals surface area (Å²) in [5, 5.41) is 11.3. The van der Waals surface area contributed by atoms with Crippen LogP contribution >= 0.6 is 0 Å². The van der Waals surface area contributed by atoms with E-state index in [1.807, 2.05) is 44.3 Å². The van der Waals surface area contributed by atoms with Crippen LogP contribution in [0.4, 0.5) is 0 Å².